The Morgan fingerprint density at radius 2 is 2.07 bits per heavy atom. The molecule has 0 aliphatic carbocycles. The average molecular weight is 304 g/mol. The second kappa shape index (κ2) is 6.57. The zero-order valence-corrected chi connectivity index (χ0v) is 12.2. The van der Waals surface area contributed by atoms with Crippen molar-refractivity contribution in [1.29, 1.82) is 0 Å². The van der Waals surface area contributed by atoms with Crippen LogP contribution < -0.4 is 4.72 Å². The Morgan fingerprint density at radius 3 is 2.60 bits per heavy atom. The molecule has 15 heavy (non-hydrogen) atoms. The van der Waals surface area contributed by atoms with Crippen molar-refractivity contribution in [2.24, 2.45) is 0 Å². The Morgan fingerprint density at radius 1 is 1.40 bits per heavy atom. The maximum absolute atomic E-state index is 10.7. The van der Waals surface area contributed by atoms with Crippen molar-refractivity contribution in [3.8, 4) is 0 Å². The summed E-state index contributed by atoms with van der Waals surface area (Å²) in [5, 5.41) is 0. The molecule has 81 valence electrons. The molecule has 1 N–H and O–H groups in total. The summed E-state index contributed by atoms with van der Waals surface area (Å²) in [4.78, 5) is 11.5. The standard InChI is InChI=1S/C7H11N4O2S.Y/c1-6-8-5-9-7(11-6)3-4-10-14(2,12)13;/h10H,3-4H2,1-2H3;/q-1;. The molecule has 0 saturated carbocycles. The van der Waals surface area contributed by atoms with E-state index in [0.717, 1.165) is 6.26 Å². The van der Waals surface area contributed by atoms with E-state index in [9.17, 15) is 8.42 Å². The fourth-order valence-corrected chi connectivity index (χ4v) is 1.32. The molecule has 8 heteroatoms. The summed E-state index contributed by atoms with van der Waals surface area (Å²) in [6, 6.07) is 0. The van der Waals surface area contributed by atoms with Gasteiger partial charge in [-0.25, -0.2) is 13.1 Å². The van der Waals surface area contributed by atoms with Crippen molar-refractivity contribution in [3.63, 3.8) is 0 Å². The molecular weight excluding hydrogens is 293 g/mol. The Hall–Kier alpha value is 0.0239. The molecule has 0 aromatic carbocycles. The predicted molar refractivity (Wildman–Crippen MR) is 50.0 cm³/mol. The Labute approximate surface area is 114 Å². The van der Waals surface area contributed by atoms with Crippen molar-refractivity contribution >= 4 is 10.0 Å². The van der Waals surface area contributed by atoms with Crippen LogP contribution in [0.1, 0.15) is 11.6 Å². The van der Waals surface area contributed by atoms with Crippen LogP contribution in [-0.2, 0) is 49.2 Å². The minimum Gasteiger partial charge on any atom is -0.353 e. The van der Waals surface area contributed by atoms with Crippen LogP contribution in [0.15, 0.2) is 0 Å². The van der Waals surface area contributed by atoms with Gasteiger partial charge < -0.3 is 15.0 Å². The van der Waals surface area contributed by atoms with Gasteiger partial charge in [-0.3, -0.25) is 0 Å². The number of nitrogens with one attached hydrogen (secondary N) is 1. The molecule has 1 heterocycles. The van der Waals surface area contributed by atoms with Gasteiger partial charge in [-0.05, 0) is 6.42 Å². The van der Waals surface area contributed by atoms with Crippen LogP contribution in [0.4, 0.5) is 0 Å². The van der Waals surface area contributed by atoms with E-state index in [-0.39, 0.29) is 39.3 Å². The molecule has 0 fully saturated rings. The van der Waals surface area contributed by atoms with Gasteiger partial charge in [0, 0.05) is 57.2 Å². The summed E-state index contributed by atoms with van der Waals surface area (Å²) in [6.45, 7) is 2.02. The first kappa shape index (κ1) is 15.0. The van der Waals surface area contributed by atoms with Crippen molar-refractivity contribution in [1.82, 2.24) is 19.7 Å². The van der Waals surface area contributed by atoms with Crippen LogP contribution in [0.5, 0.6) is 0 Å². The second-order valence-corrected chi connectivity index (χ2v) is 4.65. The zero-order valence-electron chi connectivity index (χ0n) is 8.56. The van der Waals surface area contributed by atoms with Gasteiger partial charge in [0.1, 0.15) is 0 Å². The van der Waals surface area contributed by atoms with Crippen LogP contribution in [0.25, 0.3) is 0 Å². The summed E-state index contributed by atoms with van der Waals surface area (Å²) in [5.74, 6) is 1.11. The third-order valence-electron chi connectivity index (χ3n) is 1.39. The van der Waals surface area contributed by atoms with Crippen molar-refractivity contribution in [2.45, 2.75) is 13.3 Å². The second-order valence-electron chi connectivity index (χ2n) is 2.82. The molecule has 0 amide bonds. The number of hydrogen-bond donors (Lipinski definition) is 1. The van der Waals surface area contributed by atoms with Crippen molar-refractivity contribution in [2.75, 3.05) is 12.8 Å². The normalized spacial score (nSPS) is 10.8. The smallest absolute Gasteiger partial charge is 0.208 e. The number of hydrogen-bond acceptors (Lipinski definition) is 5. The third-order valence-corrected chi connectivity index (χ3v) is 2.12. The van der Waals surface area contributed by atoms with Gasteiger partial charge in [-0.2, -0.15) is 0 Å². The molecule has 1 aromatic rings. The first-order chi connectivity index (χ1) is 6.47. The summed E-state index contributed by atoms with van der Waals surface area (Å²) >= 11 is 0. The van der Waals surface area contributed by atoms with E-state index in [1.807, 2.05) is 0 Å². The molecule has 0 bridgehead atoms. The minimum atomic E-state index is -3.14. The Balaban J connectivity index is 0.00000196. The number of nitrogens with zero attached hydrogens (tertiary/aromatic N) is 3. The molecule has 1 rings (SSSR count). The molecule has 0 spiro atoms. The minimum absolute atomic E-state index is 0. The van der Waals surface area contributed by atoms with Crippen molar-refractivity contribution < 1.29 is 41.1 Å². The van der Waals surface area contributed by atoms with E-state index in [4.69, 9.17) is 0 Å². The first-order valence-corrected chi connectivity index (χ1v) is 5.89. The van der Waals surface area contributed by atoms with E-state index in [1.54, 1.807) is 6.92 Å². The van der Waals surface area contributed by atoms with Crippen LogP contribution in [0, 0.1) is 13.3 Å². The molecule has 0 atom stereocenters. The number of rotatable bonds is 4. The molecule has 0 aliphatic rings. The van der Waals surface area contributed by atoms with Crippen LogP contribution >= 0.6 is 0 Å². The molecule has 0 saturated heterocycles. The quantitative estimate of drug-likeness (QED) is 0.727. The summed E-state index contributed by atoms with van der Waals surface area (Å²) in [7, 11) is -3.14. The maximum Gasteiger partial charge on any atom is 0.208 e. The van der Waals surface area contributed by atoms with Crippen LogP contribution in [0.3, 0.4) is 0 Å². The number of sulfonamides is 1. The predicted octanol–water partition coefficient (Wildman–Crippen LogP) is -0.931. The summed E-state index contributed by atoms with van der Waals surface area (Å²) in [5.41, 5.74) is 0. The van der Waals surface area contributed by atoms with E-state index in [0.29, 0.717) is 18.1 Å². The summed E-state index contributed by atoms with van der Waals surface area (Å²) in [6.07, 6.45) is 3.98. The fraction of sp³-hybridized carbons (Fsp3) is 0.571. The molecule has 0 unspecified atom stereocenters. The van der Waals surface area contributed by atoms with Gasteiger partial charge in [-0.15, -0.1) is 0 Å². The monoisotopic (exact) mass is 304 g/mol. The average Bonchev–Trinajstić information content (AvgIpc) is 2.01. The van der Waals surface area contributed by atoms with E-state index in [2.05, 4.69) is 26.0 Å². The molecule has 6 nitrogen and oxygen atoms in total. The first-order valence-electron chi connectivity index (χ1n) is 3.99. The molecular formula is C7H11N4O2SY-. The molecule has 1 aromatic heterocycles. The van der Waals surface area contributed by atoms with E-state index >= 15 is 0 Å². The molecule has 0 aliphatic heterocycles. The van der Waals surface area contributed by atoms with Gasteiger partial charge in [0.05, 0.1) is 6.26 Å². The fourth-order valence-electron chi connectivity index (χ4n) is 0.852. The van der Waals surface area contributed by atoms with Crippen LogP contribution in [0.2, 0.25) is 0 Å². The van der Waals surface area contributed by atoms with Gasteiger partial charge in [0.2, 0.25) is 10.0 Å². The van der Waals surface area contributed by atoms with E-state index < -0.39 is 10.0 Å². The largest absolute Gasteiger partial charge is 0.353 e. The van der Waals surface area contributed by atoms with Crippen molar-refractivity contribution in [3.05, 3.63) is 18.0 Å². The summed E-state index contributed by atoms with van der Waals surface area (Å²) < 4.78 is 23.8. The van der Waals surface area contributed by atoms with Gasteiger partial charge in [-0.1, -0.05) is 6.92 Å². The zero-order chi connectivity index (χ0) is 10.6. The van der Waals surface area contributed by atoms with Gasteiger partial charge >= 0.3 is 0 Å². The third kappa shape index (κ3) is 7.00. The van der Waals surface area contributed by atoms with Gasteiger partial charge in [0.25, 0.3) is 0 Å². The Bertz CT molecular complexity index is 409. The molecule has 1 radical (unpaired) electrons. The number of aromatic nitrogens is 3. The SMILES string of the molecule is Cc1n[c-]nc(CCNS(C)(=O)=O)n1.[Y]. The number of aryl methyl sites for hydroxylation is 1. The van der Waals surface area contributed by atoms with Crippen LogP contribution in [-0.4, -0.2) is 36.2 Å². The maximum atomic E-state index is 10.7. The Kier molecular flexibility index (Phi) is 6.58. The topological polar surface area (TPSA) is 84.8 Å². The van der Waals surface area contributed by atoms with Gasteiger partial charge in [0.15, 0.2) is 0 Å². The van der Waals surface area contributed by atoms with E-state index in [1.165, 1.54) is 0 Å².